The maximum Gasteiger partial charge on any atom is 4.00 e. The molecule has 8 aliphatic carbocycles. The van der Waals surface area contributed by atoms with Crippen LogP contribution in [0, 0.1) is 0 Å². The molecule has 0 atom stereocenters. The molecule has 0 bridgehead atoms. The maximum atomic E-state index is 10.5. The maximum absolute atomic E-state index is 10.5. The monoisotopic (exact) mass is 895 g/mol. The molecule has 10 heteroatoms. The zero-order valence-corrected chi connectivity index (χ0v) is 39.9. The molecule has 8 fully saturated rings. The van der Waals surface area contributed by atoms with Crippen LogP contribution in [0.4, 0.5) is 0 Å². The van der Waals surface area contributed by atoms with Crippen LogP contribution in [0.1, 0.15) is 257 Å². The molecule has 0 saturated heterocycles. The Morgan fingerprint density at radius 1 is 0.138 bits per heavy atom. The normalized spacial score (nSPS) is 24.4. The van der Waals surface area contributed by atoms with Crippen LogP contribution in [-0.2, 0) is 37.1 Å². The van der Waals surface area contributed by atoms with Gasteiger partial charge in [-0.2, -0.15) is 0 Å². The molecule has 8 rings (SSSR count). The molecule has 8 aliphatic rings. The van der Waals surface area contributed by atoms with Gasteiger partial charge in [0.15, 0.2) is 0 Å². The average molecular weight is 895 g/mol. The molecule has 0 aromatic rings. The van der Waals surface area contributed by atoms with E-state index in [1.165, 1.54) is 154 Å². The molecule has 0 aromatic carbocycles. The first kappa shape index (κ1) is 60.9. The van der Waals surface area contributed by atoms with Crippen molar-refractivity contribution in [3.63, 3.8) is 0 Å². The summed E-state index contributed by atoms with van der Waals surface area (Å²) >= 11 is 0. The van der Waals surface area contributed by atoms with Gasteiger partial charge in [0, 0.05) is 0 Å². The fraction of sp³-hybridized carbons (Fsp3) is 1.00. The van der Waals surface area contributed by atoms with E-state index < -0.39 is 0 Å². The van der Waals surface area contributed by atoms with Crippen molar-refractivity contribution in [2.45, 2.75) is 306 Å². The number of hydrogen-bond donors (Lipinski definition) is 0. The summed E-state index contributed by atoms with van der Waals surface area (Å²) in [4.78, 5) is 0. The van der Waals surface area contributed by atoms with E-state index in [1.54, 1.807) is 0 Å². The molecule has 0 heterocycles. The summed E-state index contributed by atoms with van der Waals surface area (Å²) in [6, 6.07) is 0. The largest absolute Gasteiger partial charge is 4.00 e. The van der Waals surface area contributed by atoms with Gasteiger partial charge in [-0.3, -0.25) is 0 Å². The Morgan fingerprint density at radius 3 is 0.241 bits per heavy atom. The molecule has 0 N–H and O–H groups in total. The first-order valence-electron chi connectivity index (χ1n) is 24.4. The van der Waals surface area contributed by atoms with Gasteiger partial charge >= 0.3 is 37.1 Å². The molecule has 8 saturated carbocycles. The van der Waals surface area contributed by atoms with Crippen LogP contribution >= 0.6 is 0 Å². The Hall–Kier alpha value is 0.849. The minimum absolute atomic E-state index is 0. The Balaban J connectivity index is 0. The molecule has 0 spiro atoms. The van der Waals surface area contributed by atoms with Gasteiger partial charge in [0.25, 0.3) is 0 Å². The van der Waals surface area contributed by atoms with Crippen LogP contribution in [0.15, 0.2) is 0 Å². The Labute approximate surface area is 381 Å². The van der Waals surface area contributed by atoms with Crippen LogP contribution in [0.25, 0.3) is 0 Å². The van der Waals surface area contributed by atoms with E-state index in [0.717, 1.165) is 103 Å². The minimum atomic E-state index is -0.214. The van der Waals surface area contributed by atoms with Crippen LogP contribution in [0.5, 0.6) is 0 Å². The molecular formula is C48H88O8V2. The van der Waals surface area contributed by atoms with Gasteiger partial charge in [0.2, 0.25) is 0 Å². The number of rotatable bonds is 0. The van der Waals surface area contributed by atoms with Gasteiger partial charge in [-0.05, 0) is 0 Å². The molecular weight excluding hydrogens is 806 g/mol. The van der Waals surface area contributed by atoms with Crippen LogP contribution < -0.4 is 40.9 Å². The molecule has 58 heavy (non-hydrogen) atoms. The van der Waals surface area contributed by atoms with E-state index in [1.807, 2.05) is 0 Å². The first-order chi connectivity index (χ1) is 27.2. The summed E-state index contributed by atoms with van der Waals surface area (Å²) in [5.74, 6) is 0. The van der Waals surface area contributed by atoms with Gasteiger partial charge in [-0.1, -0.05) is 257 Å². The summed E-state index contributed by atoms with van der Waals surface area (Å²) in [5, 5.41) is 84.4. The van der Waals surface area contributed by atoms with Gasteiger partial charge in [0.05, 0.1) is 0 Å². The van der Waals surface area contributed by atoms with Crippen molar-refractivity contribution >= 4 is 0 Å². The zero-order valence-electron chi connectivity index (χ0n) is 37.1. The van der Waals surface area contributed by atoms with Crippen molar-refractivity contribution < 1.29 is 78.0 Å². The van der Waals surface area contributed by atoms with E-state index >= 15 is 0 Å². The smallest absolute Gasteiger partial charge is 0.852 e. The van der Waals surface area contributed by atoms with Crippen molar-refractivity contribution in [3.8, 4) is 0 Å². The topological polar surface area (TPSA) is 184 Å². The van der Waals surface area contributed by atoms with Gasteiger partial charge in [0.1, 0.15) is 0 Å². The Kier molecular flexibility index (Phi) is 46.7. The van der Waals surface area contributed by atoms with Crippen LogP contribution in [-0.4, -0.2) is 48.8 Å². The van der Waals surface area contributed by atoms with Crippen molar-refractivity contribution in [2.75, 3.05) is 0 Å². The van der Waals surface area contributed by atoms with E-state index in [-0.39, 0.29) is 85.9 Å². The fourth-order valence-corrected chi connectivity index (χ4v) is 8.52. The third kappa shape index (κ3) is 42.2. The van der Waals surface area contributed by atoms with E-state index in [9.17, 15) is 40.9 Å². The molecule has 8 nitrogen and oxygen atoms in total. The summed E-state index contributed by atoms with van der Waals surface area (Å²) in [6.07, 6.45) is 42.3. The summed E-state index contributed by atoms with van der Waals surface area (Å²) in [6.45, 7) is 0. The third-order valence-corrected chi connectivity index (χ3v) is 12.4. The quantitative estimate of drug-likeness (QED) is 0.308. The standard InChI is InChI=1S/8C6H11O.2V/c8*7-6-4-2-1-3-5-6;;/h8*6H,1-5H2;;/q8*-1;2*+4. The molecule has 0 aromatic heterocycles. The van der Waals surface area contributed by atoms with Crippen molar-refractivity contribution in [2.24, 2.45) is 0 Å². The second kappa shape index (κ2) is 44.5. The molecule has 0 amide bonds. The van der Waals surface area contributed by atoms with Crippen LogP contribution in [0.2, 0.25) is 0 Å². The minimum Gasteiger partial charge on any atom is -0.852 e. The predicted octanol–water partition coefficient (Wildman–Crippen LogP) is 5.43. The Morgan fingerprint density at radius 2 is 0.207 bits per heavy atom. The molecule has 2 radical (unpaired) electrons. The van der Waals surface area contributed by atoms with Gasteiger partial charge in [-0.25, -0.2) is 0 Å². The summed E-state index contributed by atoms with van der Waals surface area (Å²) in [7, 11) is 0. The molecule has 0 unspecified atom stereocenters. The van der Waals surface area contributed by atoms with E-state index in [0.29, 0.717) is 0 Å². The first-order valence-corrected chi connectivity index (χ1v) is 24.4. The second-order valence-corrected chi connectivity index (χ2v) is 18.1. The second-order valence-electron chi connectivity index (χ2n) is 18.1. The average Bonchev–Trinajstić information content (AvgIpc) is 3.22. The fourth-order valence-electron chi connectivity index (χ4n) is 8.52. The molecule has 338 valence electrons. The van der Waals surface area contributed by atoms with E-state index in [2.05, 4.69) is 0 Å². The Bertz CT molecular complexity index is 574. The van der Waals surface area contributed by atoms with Crippen molar-refractivity contribution in [1.82, 2.24) is 0 Å². The molecule has 0 aliphatic heterocycles. The SMILES string of the molecule is [O-]C1CCCCC1.[O-]C1CCCCC1.[O-]C1CCCCC1.[O-]C1CCCCC1.[O-]C1CCCCC1.[O-]C1CCCCC1.[O-]C1CCCCC1.[O-]C1CCCCC1.[V+4].[V+4]. The zero-order chi connectivity index (χ0) is 40.9. The summed E-state index contributed by atoms with van der Waals surface area (Å²) < 4.78 is 0. The number of hydrogen-bond acceptors (Lipinski definition) is 8. The van der Waals surface area contributed by atoms with Gasteiger partial charge in [-0.15, -0.1) is 48.8 Å². The third-order valence-electron chi connectivity index (χ3n) is 12.4. The van der Waals surface area contributed by atoms with Crippen molar-refractivity contribution in [3.05, 3.63) is 0 Å². The van der Waals surface area contributed by atoms with Crippen molar-refractivity contribution in [1.29, 1.82) is 0 Å². The predicted molar refractivity (Wildman–Crippen MR) is 215 cm³/mol. The van der Waals surface area contributed by atoms with E-state index in [4.69, 9.17) is 0 Å². The van der Waals surface area contributed by atoms with Gasteiger partial charge < -0.3 is 40.9 Å². The summed E-state index contributed by atoms with van der Waals surface area (Å²) in [5.41, 5.74) is 0. The van der Waals surface area contributed by atoms with Crippen LogP contribution in [0.3, 0.4) is 0 Å².